The minimum absolute atomic E-state index is 0.0599. The first-order valence-electron chi connectivity index (χ1n) is 9.71. The molecule has 0 aliphatic heterocycles. The highest BCUT2D eigenvalue weighted by atomic mass is 32.1. The zero-order valence-electron chi connectivity index (χ0n) is 17.6. The molecule has 9 nitrogen and oxygen atoms in total. The standard InChI is InChI=1S/C21H20FN5O4S/c1-12-23-16(11-32-12)17-8-15(26-31-17)19-25-27(20(29)30-19)10-18(28)24-21(2,3)9-13-4-6-14(22)7-5-13/h4-8,11H,9-10H2,1-3H3,(H,24,28). The number of carbonyl (C=O) groups is 1. The van der Waals surface area contributed by atoms with Crippen LogP contribution in [0.5, 0.6) is 0 Å². The molecule has 166 valence electrons. The molecular weight excluding hydrogens is 437 g/mol. The van der Waals surface area contributed by atoms with Crippen molar-refractivity contribution in [3.8, 4) is 23.0 Å². The lowest BCUT2D eigenvalue weighted by Gasteiger charge is -2.26. The van der Waals surface area contributed by atoms with Gasteiger partial charge in [0.15, 0.2) is 11.5 Å². The van der Waals surface area contributed by atoms with Gasteiger partial charge in [0.1, 0.15) is 18.1 Å². The van der Waals surface area contributed by atoms with Gasteiger partial charge >= 0.3 is 5.76 Å². The fourth-order valence-corrected chi connectivity index (χ4v) is 3.79. The van der Waals surface area contributed by atoms with Gasteiger partial charge in [-0.15, -0.1) is 16.4 Å². The number of nitrogens with one attached hydrogen (secondary N) is 1. The Bertz CT molecular complexity index is 1300. The first kappa shape index (κ1) is 21.6. The molecule has 3 aromatic heterocycles. The summed E-state index contributed by atoms with van der Waals surface area (Å²) in [6.45, 7) is 5.22. The Labute approximate surface area is 185 Å². The van der Waals surface area contributed by atoms with Crippen LogP contribution in [0.3, 0.4) is 0 Å². The predicted molar refractivity (Wildman–Crippen MR) is 114 cm³/mol. The molecule has 0 saturated carbocycles. The van der Waals surface area contributed by atoms with Crippen molar-refractivity contribution in [2.45, 2.75) is 39.3 Å². The van der Waals surface area contributed by atoms with Gasteiger partial charge in [-0.1, -0.05) is 17.3 Å². The number of aromatic nitrogens is 4. The Balaban J connectivity index is 1.43. The second kappa shape index (κ2) is 8.50. The van der Waals surface area contributed by atoms with Gasteiger partial charge in [0.25, 0.3) is 5.89 Å². The van der Waals surface area contributed by atoms with E-state index in [4.69, 9.17) is 8.94 Å². The van der Waals surface area contributed by atoms with Crippen molar-refractivity contribution in [1.29, 1.82) is 0 Å². The van der Waals surface area contributed by atoms with Crippen LogP contribution < -0.4 is 11.1 Å². The monoisotopic (exact) mass is 457 g/mol. The minimum atomic E-state index is -0.791. The smallest absolute Gasteiger partial charge is 0.386 e. The number of hydrogen-bond donors (Lipinski definition) is 1. The fourth-order valence-electron chi connectivity index (χ4n) is 3.19. The van der Waals surface area contributed by atoms with E-state index in [1.165, 1.54) is 23.5 Å². The quantitative estimate of drug-likeness (QED) is 0.453. The average Bonchev–Trinajstić information content (AvgIpc) is 3.43. The molecule has 0 spiro atoms. The molecule has 1 aromatic carbocycles. The van der Waals surface area contributed by atoms with E-state index in [1.54, 1.807) is 18.2 Å². The van der Waals surface area contributed by atoms with Crippen LogP contribution in [0.15, 0.2) is 49.4 Å². The molecular formula is C21H20FN5O4S. The first-order valence-corrected chi connectivity index (χ1v) is 10.6. The van der Waals surface area contributed by atoms with E-state index in [-0.39, 0.29) is 23.9 Å². The van der Waals surface area contributed by atoms with Crippen LogP contribution in [0.1, 0.15) is 24.4 Å². The highest BCUT2D eigenvalue weighted by Gasteiger charge is 2.23. The summed E-state index contributed by atoms with van der Waals surface area (Å²) >= 11 is 1.47. The van der Waals surface area contributed by atoms with Crippen LogP contribution in [-0.4, -0.2) is 31.4 Å². The van der Waals surface area contributed by atoms with Gasteiger partial charge in [0.2, 0.25) is 5.91 Å². The Kier molecular flexibility index (Phi) is 5.74. The van der Waals surface area contributed by atoms with Gasteiger partial charge in [-0.2, -0.15) is 4.68 Å². The van der Waals surface area contributed by atoms with Crippen molar-refractivity contribution in [2.75, 3.05) is 0 Å². The molecule has 4 rings (SSSR count). The lowest BCUT2D eigenvalue weighted by atomic mass is 9.95. The molecule has 1 amide bonds. The predicted octanol–water partition coefficient (Wildman–Crippen LogP) is 3.20. The highest BCUT2D eigenvalue weighted by molar-refractivity contribution is 7.09. The maximum Gasteiger partial charge on any atom is 0.437 e. The summed E-state index contributed by atoms with van der Waals surface area (Å²) in [6, 6.07) is 7.63. The second-order valence-electron chi connectivity index (χ2n) is 7.89. The molecule has 0 aliphatic rings. The summed E-state index contributed by atoms with van der Waals surface area (Å²) in [5, 5.41) is 13.5. The normalized spacial score (nSPS) is 11.6. The Morgan fingerprint density at radius 3 is 2.69 bits per heavy atom. The van der Waals surface area contributed by atoms with Crippen LogP contribution in [0, 0.1) is 12.7 Å². The van der Waals surface area contributed by atoms with Crippen molar-refractivity contribution < 1.29 is 18.1 Å². The molecule has 0 saturated heterocycles. The third-order valence-corrected chi connectivity index (χ3v) is 5.31. The molecule has 3 heterocycles. The van der Waals surface area contributed by atoms with Gasteiger partial charge in [0, 0.05) is 17.0 Å². The van der Waals surface area contributed by atoms with Crippen molar-refractivity contribution in [3.05, 3.63) is 62.7 Å². The largest absolute Gasteiger partial charge is 0.437 e. The molecule has 0 atom stereocenters. The summed E-state index contributed by atoms with van der Waals surface area (Å²) in [5.74, 6) is -1.17. The number of benzene rings is 1. The maximum absolute atomic E-state index is 13.1. The van der Waals surface area contributed by atoms with E-state index in [0.717, 1.165) is 15.3 Å². The number of amides is 1. The number of hydrogen-bond acceptors (Lipinski definition) is 8. The van der Waals surface area contributed by atoms with E-state index in [0.29, 0.717) is 17.9 Å². The van der Waals surface area contributed by atoms with Crippen LogP contribution in [0.25, 0.3) is 23.0 Å². The van der Waals surface area contributed by atoms with Gasteiger partial charge in [-0.25, -0.2) is 14.2 Å². The SMILES string of the molecule is Cc1nc(-c2cc(-c3nn(CC(=O)NC(C)(C)Cc4ccc(F)cc4)c(=O)o3)no2)cs1. The van der Waals surface area contributed by atoms with Gasteiger partial charge < -0.3 is 14.3 Å². The van der Waals surface area contributed by atoms with Crippen LogP contribution >= 0.6 is 11.3 Å². The molecule has 0 radical (unpaired) electrons. The summed E-state index contributed by atoms with van der Waals surface area (Å²) in [7, 11) is 0. The van der Waals surface area contributed by atoms with Crippen molar-refractivity contribution in [2.24, 2.45) is 0 Å². The number of rotatable bonds is 7. The third kappa shape index (κ3) is 4.99. The molecule has 11 heteroatoms. The number of carbonyl (C=O) groups excluding carboxylic acids is 1. The van der Waals surface area contributed by atoms with E-state index in [1.807, 2.05) is 26.2 Å². The Hall–Kier alpha value is -3.60. The van der Waals surface area contributed by atoms with E-state index < -0.39 is 17.2 Å². The molecule has 4 aromatic rings. The molecule has 0 fully saturated rings. The van der Waals surface area contributed by atoms with E-state index >= 15 is 0 Å². The second-order valence-corrected chi connectivity index (χ2v) is 8.96. The van der Waals surface area contributed by atoms with Gasteiger partial charge in [-0.05, 0) is 44.9 Å². The lowest BCUT2D eigenvalue weighted by molar-refractivity contribution is -0.123. The maximum atomic E-state index is 13.1. The average molecular weight is 457 g/mol. The number of halogens is 1. The summed E-state index contributed by atoms with van der Waals surface area (Å²) in [5.41, 5.74) is 1.08. The molecule has 32 heavy (non-hydrogen) atoms. The molecule has 1 N–H and O–H groups in total. The van der Waals surface area contributed by atoms with Gasteiger partial charge in [0.05, 0.1) is 5.01 Å². The first-order chi connectivity index (χ1) is 15.2. The van der Waals surface area contributed by atoms with Crippen molar-refractivity contribution in [3.63, 3.8) is 0 Å². The summed E-state index contributed by atoms with van der Waals surface area (Å²) in [6.07, 6.45) is 0.482. The summed E-state index contributed by atoms with van der Waals surface area (Å²) < 4.78 is 24.4. The van der Waals surface area contributed by atoms with E-state index in [2.05, 4.69) is 20.6 Å². The number of aryl methyl sites for hydroxylation is 1. The van der Waals surface area contributed by atoms with Crippen molar-refractivity contribution >= 4 is 17.2 Å². The van der Waals surface area contributed by atoms with E-state index in [9.17, 15) is 14.0 Å². The van der Waals surface area contributed by atoms with Crippen LogP contribution in [0.2, 0.25) is 0 Å². The zero-order chi connectivity index (χ0) is 22.9. The van der Waals surface area contributed by atoms with Crippen molar-refractivity contribution in [1.82, 2.24) is 25.2 Å². The number of nitrogens with zero attached hydrogens (tertiary/aromatic N) is 4. The highest BCUT2D eigenvalue weighted by Crippen LogP contribution is 2.25. The van der Waals surface area contributed by atoms with Crippen LogP contribution in [-0.2, 0) is 17.8 Å². The number of thiazole rings is 1. The minimum Gasteiger partial charge on any atom is -0.386 e. The third-order valence-electron chi connectivity index (χ3n) is 4.54. The molecule has 0 unspecified atom stereocenters. The Morgan fingerprint density at radius 2 is 2.00 bits per heavy atom. The topological polar surface area (TPSA) is 116 Å². The summed E-state index contributed by atoms with van der Waals surface area (Å²) in [4.78, 5) is 29.0. The Morgan fingerprint density at radius 1 is 1.25 bits per heavy atom. The van der Waals surface area contributed by atoms with Crippen LogP contribution in [0.4, 0.5) is 4.39 Å². The van der Waals surface area contributed by atoms with Gasteiger partial charge in [-0.3, -0.25) is 4.79 Å². The lowest BCUT2D eigenvalue weighted by Crippen LogP contribution is -2.47. The molecule has 0 bridgehead atoms. The molecule has 0 aliphatic carbocycles. The zero-order valence-corrected chi connectivity index (χ0v) is 18.4. The fraction of sp³-hybridized carbons (Fsp3) is 0.286.